The molecule has 1 amide bonds. The topological polar surface area (TPSA) is 89.6 Å². The SMILES string of the molecule is Cc1[nH]nc(CCC(=O)N2C[C@@H]3CC[C@H]2CN(S(=O)(=O)N(C)C)C3)c1C. The Balaban J connectivity index is 1.68. The quantitative estimate of drug-likeness (QED) is 0.810. The summed E-state index contributed by atoms with van der Waals surface area (Å²) in [6.07, 6.45) is 2.87. The van der Waals surface area contributed by atoms with E-state index in [1.165, 1.54) is 4.31 Å². The van der Waals surface area contributed by atoms with E-state index in [1.54, 1.807) is 18.4 Å². The lowest BCUT2D eigenvalue weighted by Gasteiger charge is -2.36. The predicted molar refractivity (Wildman–Crippen MR) is 98.8 cm³/mol. The first-order valence-electron chi connectivity index (χ1n) is 9.17. The maximum Gasteiger partial charge on any atom is 0.281 e. The number of hydrogen-bond acceptors (Lipinski definition) is 4. The van der Waals surface area contributed by atoms with Gasteiger partial charge in [0.15, 0.2) is 0 Å². The molecule has 3 aliphatic rings. The van der Waals surface area contributed by atoms with Crippen LogP contribution >= 0.6 is 0 Å². The zero-order valence-corrected chi connectivity index (χ0v) is 16.8. The van der Waals surface area contributed by atoms with Crippen molar-refractivity contribution < 1.29 is 13.2 Å². The monoisotopic (exact) mass is 383 g/mol. The van der Waals surface area contributed by atoms with Crippen LogP contribution in [0.5, 0.6) is 0 Å². The van der Waals surface area contributed by atoms with Crippen molar-refractivity contribution in [1.82, 2.24) is 23.7 Å². The molecule has 0 spiro atoms. The molecular weight excluding hydrogens is 354 g/mol. The number of hydrogen-bond donors (Lipinski definition) is 1. The first-order chi connectivity index (χ1) is 12.2. The van der Waals surface area contributed by atoms with Crippen LogP contribution in [0.15, 0.2) is 0 Å². The van der Waals surface area contributed by atoms with Crippen molar-refractivity contribution >= 4 is 16.1 Å². The fourth-order valence-corrected chi connectivity index (χ4v) is 5.13. The Hall–Kier alpha value is -1.45. The van der Waals surface area contributed by atoms with Gasteiger partial charge in [0.2, 0.25) is 5.91 Å². The predicted octanol–water partition coefficient (Wildman–Crippen LogP) is 0.688. The number of amides is 1. The average Bonchev–Trinajstić information content (AvgIpc) is 2.80. The number of H-pyrrole nitrogens is 1. The van der Waals surface area contributed by atoms with E-state index < -0.39 is 10.2 Å². The number of rotatable bonds is 5. The summed E-state index contributed by atoms with van der Waals surface area (Å²) in [7, 11) is -0.332. The molecule has 1 aromatic heterocycles. The first-order valence-corrected chi connectivity index (χ1v) is 10.6. The summed E-state index contributed by atoms with van der Waals surface area (Å²) in [5.74, 6) is 0.311. The smallest absolute Gasteiger partial charge is 0.281 e. The summed E-state index contributed by atoms with van der Waals surface area (Å²) in [5, 5.41) is 7.23. The lowest BCUT2D eigenvalue weighted by atomic mass is 9.94. The third-order valence-corrected chi connectivity index (χ3v) is 7.59. The third-order valence-electron chi connectivity index (χ3n) is 5.72. The molecule has 0 aliphatic carbocycles. The third kappa shape index (κ3) is 3.65. The summed E-state index contributed by atoms with van der Waals surface area (Å²) in [6.45, 7) is 5.53. The second kappa shape index (κ2) is 7.28. The molecule has 146 valence electrons. The summed E-state index contributed by atoms with van der Waals surface area (Å²) < 4.78 is 27.8. The summed E-state index contributed by atoms with van der Waals surface area (Å²) in [4.78, 5) is 14.7. The molecule has 3 saturated heterocycles. The highest BCUT2D eigenvalue weighted by molar-refractivity contribution is 7.86. The van der Waals surface area contributed by atoms with Crippen molar-refractivity contribution in [2.24, 2.45) is 5.92 Å². The molecule has 1 aromatic rings. The van der Waals surface area contributed by atoms with Gasteiger partial charge in [0, 0.05) is 58.3 Å². The van der Waals surface area contributed by atoms with Crippen LogP contribution in [0.1, 0.15) is 36.2 Å². The lowest BCUT2D eigenvalue weighted by Crippen LogP contribution is -2.48. The average molecular weight is 384 g/mol. The second-order valence-corrected chi connectivity index (χ2v) is 9.81. The summed E-state index contributed by atoms with van der Waals surface area (Å²) in [6, 6.07) is -0.0296. The van der Waals surface area contributed by atoms with Gasteiger partial charge in [-0.15, -0.1) is 0 Å². The molecule has 3 fully saturated rings. The number of carbonyl (C=O) groups excluding carboxylic acids is 1. The lowest BCUT2D eigenvalue weighted by molar-refractivity contribution is -0.135. The van der Waals surface area contributed by atoms with Gasteiger partial charge in [0.25, 0.3) is 10.2 Å². The first kappa shape index (κ1) is 19.3. The van der Waals surface area contributed by atoms with Gasteiger partial charge in [-0.25, -0.2) is 0 Å². The maximum atomic E-state index is 12.8. The van der Waals surface area contributed by atoms with E-state index in [9.17, 15) is 13.2 Å². The molecule has 8 nitrogen and oxygen atoms in total. The Labute approximate surface area is 155 Å². The molecule has 1 N–H and O–H groups in total. The van der Waals surface area contributed by atoms with Gasteiger partial charge in [0.05, 0.1) is 5.69 Å². The van der Waals surface area contributed by atoms with Crippen molar-refractivity contribution in [3.05, 3.63) is 17.0 Å². The molecular formula is C17H29N5O3S. The molecule has 0 aromatic carbocycles. The molecule has 26 heavy (non-hydrogen) atoms. The number of carbonyl (C=O) groups is 1. The van der Waals surface area contributed by atoms with Gasteiger partial charge in [-0.1, -0.05) is 0 Å². The highest BCUT2D eigenvalue weighted by Gasteiger charge is 2.41. The van der Waals surface area contributed by atoms with Crippen molar-refractivity contribution in [2.45, 2.75) is 45.6 Å². The molecule has 9 heteroatoms. The van der Waals surface area contributed by atoms with Crippen LogP contribution in [0.2, 0.25) is 0 Å². The number of aromatic nitrogens is 2. The largest absolute Gasteiger partial charge is 0.338 e. The summed E-state index contributed by atoms with van der Waals surface area (Å²) in [5.41, 5.74) is 3.08. The second-order valence-electron chi connectivity index (χ2n) is 7.67. The van der Waals surface area contributed by atoms with Gasteiger partial charge < -0.3 is 4.90 Å². The van der Waals surface area contributed by atoms with Crippen LogP contribution in [0, 0.1) is 19.8 Å². The minimum absolute atomic E-state index is 0.0296. The molecule has 2 bridgehead atoms. The number of nitrogens with zero attached hydrogens (tertiary/aromatic N) is 4. The molecule has 0 unspecified atom stereocenters. The van der Waals surface area contributed by atoms with Crippen LogP contribution in [0.25, 0.3) is 0 Å². The number of piperidine rings is 1. The highest BCUT2D eigenvalue weighted by atomic mass is 32.2. The molecule has 4 rings (SSSR count). The molecule has 0 saturated carbocycles. The van der Waals surface area contributed by atoms with Gasteiger partial charge >= 0.3 is 0 Å². The number of fused-ring (bicyclic) bond motifs is 4. The zero-order valence-electron chi connectivity index (χ0n) is 16.0. The van der Waals surface area contributed by atoms with Crippen molar-refractivity contribution in [3.63, 3.8) is 0 Å². The van der Waals surface area contributed by atoms with Gasteiger partial charge in [-0.3, -0.25) is 9.89 Å². The van der Waals surface area contributed by atoms with Gasteiger partial charge in [0.1, 0.15) is 0 Å². The maximum absolute atomic E-state index is 12.8. The summed E-state index contributed by atoms with van der Waals surface area (Å²) >= 11 is 0. The van der Waals surface area contributed by atoms with Crippen molar-refractivity contribution in [1.29, 1.82) is 0 Å². The Morgan fingerprint density at radius 1 is 1.23 bits per heavy atom. The zero-order chi connectivity index (χ0) is 19.1. The van der Waals surface area contributed by atoms with E-state index in [4.69, 9.17) is 0 Å². The van der Waals surface area contributed by atoms with E-state index >= 15 is 0 Å². The number of aryl methyl sites for hydroxylation is 2. The van der Waals surface area contributed by atoms with E-state index in [0.29, 0.717) is 32.5 Å². The minimum atomic E-state index is -3.44. The van der Waals surface area contributed by atoms with Crippen LogP contribution in [-0.2, 0) is 21.4 Å². The highest BCUT2D eigenvalue weighted by Crippen LogP contribution is 2.30. The van der Waals surface area contributed by atoms with Crippen LogP contribution in [0.3, 0.4) is 0 Å². The van der Waals surface area contributed by atoms with Crippen LogP contribution < -0.4 is 0 Å². The normalized spacial score (nSPS) is 24.3. The molecule has 0 radical (unpaired) electrons. The van der Waals surface area contributed by atoms with E-state index in [1.807, 2.05) is 18.7 Å². The van der Waals surface area contributed by atoms with Gasteiger partial charge in [-0.05, 0) is 38.2 Å². The molecule has 3 aliphatic heterocycles. The van der Waals surface area contributed by atoms with Crippen molar-refractivity contribution in [3.8, 4) is 0 Å². The Morgan fingerprint density at radius 3 is 2.58 bits per heavy atom. The van der Waals surface area contributed by atoms with Crippen LogP contribution in [-0.4, -0.2) is 77.8 Å². The number of aromatic amines is 1. The Morgan fingerprint density at radius 2 is 1.96 bits per heavy atom. The Bertz CT molecular complexity index is 773. The van der Waals surface area contributed by atoms with E-state index in [-0.39, 0.29) is 17.9 Å². The van der Waals surface area contributed by atoms with Crippen molar-refractivity contribution in [2.75, 3.05) is 33.7 Å². The fourth-order valence-electron chi connectivity index (χ4n) is 3.91. The van der Waals surface area contributed by atoms with Gasteiger partial charge in [-0.2, -0.15) is 22.1 Å². The fraction of sp³-hybridized carbons (Fsp3) is 0.765. The minimum Gasteiger partial charge on any atom is -0.338 e. The van der Waals surface area contributed by atoms with Crippen LogP contribution in [0.4, 0.5) is 0 Å². The molecule has 4 heterocycles. The molecule has 2 atom stereocenters. The Kier molecular flexibility index (Phi) is 5.41. The van der Waals surface area contributed by atoms with E-state index in [0.717, 1.165) is 29.8 Å². The standard InChI is InChI=1S/C17H29N5O3S/c1-12-13(2)18-19-16(12)7-8-17(23)22-10-14-5-6-15(22)11-21(9-14)26(24,25)20(3)4/h14-15H,5-11H2,1-4H3,(H,18,19)/t14-,15+/m1/s1. The van der Waals surface area contributed by atoms with E-state index in [2.05, 4.69) is 10.2 Å². The number of nitrogens with one attached hydrogen (secondary N) is 1.